The number of anilines is 1. The van der Waals surface area contributed by atoms with Crippen LogP contribution in [-0.4, -0.2) is 22.9 Å². The maximum atomic E-state index is 12.3. The predicted octanol–water partition coefficient (Wildman–Crippen LogP) is 2.46. The van der Waals surface area contributed by atoms with Gasteiger partial charge in [-0.3, -0.25) is 14.8 Å². The van der Waals surface area contributed by atoms with Crippen LogP contribution in [0.1, 0.15) is 24.1 Å². The van der Waals surface area contributed by atoms with Gasteiger partial charge in [-0.1, -0.05) is 0 Å². The second-order valence-corrected chi connectivity index (χ2v) is 5.72. The van der Waals surface area contributed by atoms with Crippen molar-refractivity contribution in [2.45, 2.75) is 25.2 Å². The molecule has 0 saturated heterocycles. The number of rotatable bonds is 1. The van der Waals surface area contributed by atoms with Gasteiger partial charge in [-0.05, 0) is 38.0 Å². The summed E-state index contributed by atoms with van der Waals surface area (Å²) < 4.78 is 0. The normalized spacial score (nSPS) is 18.5. The summed E-state index contributed by atoms with van der Waals surface area (Å²) in [5.41, 5.74) is 4.76. The molecule has 100 valence electrons. The Balaban J connectivity index is 1.86. The Kier molecular flexibility index (Phi) is 2.12. The first-order valence-electron chi connectivity index (χ1n) is 6.83. The lowest BCUT2D eigenvalue weighted by Crippen LogP contribution is -2.27. The first-order chi connectivity index (χ1) is 9.62. The minimum absolute atomic E-state index is 0.220. The van der Waals surface area contributed by atoms with E-state index in [1.165, 1.54) is 0 Å². The van der Waals surface area contributed by atoms with E-state index in [9.17, 15) is 4.79 Å². The van der Waals surface area contributed by atoms with E-state index < -0.39 is 0 Å². The zero-order valence-electron chi connectivity index (χ0n) is 11.6. The van der Waals surface area contributed by atoms with Gasteiger partial charge in [-0.25, -0.2) is 0 Å². The molecule has 0 atom stereocenters. The summed E-state index contributed by atoms with van der Waals surface area (Å²) >= 11 is 0. The highest BCUT2D eigenvalue weighted by Crippen LogP contribution is 2.57. The van der Waals surface area contributed by atoms with Gasteiger partial charge in [0.1, 0.15) is 0 Å². The number of hydrogen-bond donors (Lipinski definition) is 0. The van der Waals surface area contributed by atoms with Crippen molar-refractivity contribution in [2.24, 2.45) is 0 Å². The van der Waals surface area contributed by atoms with E-state index in [0.717, 1.165) is 41.0 Å². The summed E-state index contributed by atoms with van der Waals surface area (Å²) in [5.74, 6) is 0.220. The molecule has 0 unspecified atom stereocenters. The van der Waals surface area contributed by atoms with Crippen LogP contribution in [0.15, 0.2) is 30.6 Å². The highest BCUT2D eigenvalue weighted by molar-refractivity contribution is 6.10. The summed E-state index contributed by atoms with van der Waals surface area (Å²) in [6.45, 7) is 1.96. The lowest BCUT2D eigenvalue weighted by Gasteiger charge is -2.11. The van der Waals surface area contributed by atoms with E-state index in [2.05, 4.69) is 9.97 Å². The third-order valence-electron chi connectivity index (χ3n) is 4.42. The minimum Gasteiger partial charge on any atom is -0.314 e. The summed E-state index contributed by atoms with van der Waals surface area (Å²) in [4.78, 5) is 22.9. The Morgan fingerprint density at radius 3 is 2.75 bits per heavy atom. The number of aromatic nitrogens is 2. The zero-order valence-corrected chi connectivity index (χ0v) is 11.6. The van der Waals surface area contributed by atoms with Gasteiger partial charge in [0.2, 0.25) is 5.91 Å². The molecule has 1 spiro atoms. The van der Waals surface area contributed by atoms with Crippen LogP contribution in [0.3, 0.4) is 0 Å². The molecule has 0 radical (unpaired) electrons. The summed E-state index contributed by atoms with van der Waals surface area (Å²) in [6, 6.07) is 5.98. The van der Waals surface area contributed by atoms with Gasteiger partial charge >= 0.3 is 0 Å². The molecule has 1 saturated carbocycles. The maximum Gasteiger partial charge on any atom is 0.237 e. The molecule has 2 aliphatic rings. The summed E-state index contributed by atoms with van der Waals surface area (Å²) in [5, 5.41) is 0. The first kappa shape index (κ1) is 11.6. The van der Waals surface area contributed by atoms with Crippen molar-refractivity contribution in [1.29, 1.82) is 0 Å². The van der Waals surface area contributed by atoms with Crippen LogP contribution in [0, 0.1) is 6.92 Å². The van der Waals surface area contributed by atoms with E-state index in [-0.39, 0.29) is 11.3 Å². The topological polar surface area (TPSA) is 46.1 Å². The monoisotopic (exact) mass is 265 g/mol. The molecule has 20 heavy (non-hydrogen) atoms. The molecular formula is C16H15N3O. The predicted molar refractivity (Wildman–Crippen MR) is 76.5 cm³/mol. The Morgan fingerprint density at radius 2 is 2.05 bits per heavy atom. The van der Waals surface area contributed by atoms with Gasteiger partial charge in [0, 0.05) is 36.3 Å². The van der Waals surface area contributed by atoms with Crippen molar-refractivity contribution in [2.75, 3.05) is 11.9 Å². The summed E-state index contributed by atoms with van der Waals surface area (Å²) in [7, 11) is 1.86. The fourth-order valence-corrected chi connectivity index (χ4v) is 3.11. The Morgan fingerprint density at radius 1 is 1.25 bits per heavy atom. The molecule has 0 bridgehead atoms. The quantitative estimate of drug-likeness (QED) is 0.795. The van der Waals surface area contributed by atoms with E-state index >= 15 is 0 Å². The van der Waals surface area contributed by atoms with Crippen LogP contribution < -0.4 is 4.90 Å². The lowest BCUT2D eigenvalue weighted by molar-refractivity contribution is -0.119. The lowest BCUT2D eigenvalue weighted by atomic mass is 9.99. The van der Waals surface area contributed by atoms with Gasteiger partial charge in [-0.15, -0.1) is 0 Å². The molecule has 4 heteroatoms. The van der Waals surface area contributed by atoms with E-state index in [1.807, 2.05) is 38.4 Å². The summed E-state index contributed by atoms with van der Waals surface area (Å²) in [6.07, 6.45) is 5.59. The van der Waals surface area contributed by atoms with E-state index in [0.29, 0.717) is 0 Å². The molecule has 1 aliphatic carbocycles. The third kappa shape index (κ3) is 1.39. The van der Waals surface area contributed by atoms with Gasteiger partial charge < -0.3 is 4.90 Å². The second-order valence-electron chi connectivity index (χ2n) is 5.72. The highest BCUT2D eigenvalue weighted by Gasteiger charge is 2.58. The van der Waals surface area contributed by atoms with Crippen molar-refractivity contribution < 1.29 is 4.79 Å². The third-order valence-corrected chi connectivity index (χ3v) is 4.42. The van der Waals surface area contributed by atoms with Crippen molar-refractivity contribution in [1.82, 2.24) is 9.97 Å². The maximum absolute atomic E-state index is 12.3. The molecule has 0 aromatic carbocycles. The standard InChI is InChI=1S/C16H15N3O/c1-10-7-11(3-6-17-10)13-8-14-12(9-18-13)16(4-5-16)15(20)19(14)2/h3,6-9H,4-5H2,1-2H3. The Hall–Kier alpha value is -2.23. The zero-order chi connectivity index (χ0) is 13.9. The van der Waals surface area contributed by atoms with Crippen LogP contribution in [-0.2, 0) is 10.2 Å². The van der Waals surface area contributed by atoms with Gasteiger partial charge in [0.05, 0.1) is 16.8 Å². The Bertz CT molecular complexity index is 734. The minimum atomic E-state index is -0.246. The van der Waals surface area contributed by atoms with Crippen molar-refractivity contribution in [3.63, 3.8) is 0 Å². The number of likely N-dealkylation sites (N-methyl/N-ethyl adjacent to an activating group) is 1. The molecule has 0 N–H and O–H groups in total. The average molecular weight is 265 g/mol. The van der Waals surface area contributed by atoms with Crippen LogP contribution in [0.4, 0.5) is 5.69 Å². The number of aryl methyl sites for hydroxylation is 1. The fourth-order valence-electron chi connectivity index (χ4n) is 3.11. The van der Waals surface area contributed by atoms with Crippen LogP contribution >= 0.6 is 0 Å². The van der Waals surface area contributed by atoms with Gasteiger partial charge in [-0.2, -0.15) is 0 Å². The largest absolute Gasteiger partial charge is 0.314 e. The molecule has 4 rings (SSSR count). The van der Waals surface area contributed by atoms with E-state index in [4.69, 9.17) is 0 Å². The van der Waals surface area contributed by atoms with Gasteiger partial charge in [0.25, 0.3) is 0 Å². The van der Waals surface area contributed by atoms with Crippen LogP contribution in [0.5, 0.6) is 0 Å². The molecule has 1 fully saturated rings. The molecule has 4 nitrogen and oxygen atoms in total. The van der Waals surface area contributed by atoms with Crippen molar-refractivity contribution >= 4 is 11.6 Å². The average Bonchev–Trinajstić information content (AvgIpc) is 3.23. The number of pyridine rings is 2. The first-order valence-corrected chi connectivity index (χ1v) is 6.83. The smallest absolute Gasteiger partial charge is 0.237 e. The number of amides is 1. The fraction of sp³-hybridized carbons (Fsp3) is 0.312. The number of nitrogens with zero attached hydrogens (tertiary/aromatic N) is 3. The molecule has 1 aliphatic heterocycles. The Labute approximate surface area is 117 Å². The highest BCUT2D eigenvalue weighted by atomic mass is 16.2. The number of hydrogen-bond acceptors (Lipinski definition) is 3. The number of carbonyl (C=O) groups excluding carboxylic acids is 1. The molecule has 1 amide bonds. The van der Waals surface area contributed by atoms with Crippen LogP contribution in [0.25, 0.3) is 11.3 Å². The van der Waals surface area contributed by atoms with Gasteiger partial charge in [0.15, 0.2) is 0 Å². The van der Waals surface area contributed by atoms with Crippen LogP contribution in [0.2, 0.25) is 0 Å². The van der Waals surface area contributed by atoms with Crippen molar-refractivity contribution in [3.05, 3.63) is 41.9 Å². The molecule has 2 aromatic heterocycles. The SMILES string of the molecule is Cc1cc(-c2cc3c(cn2)C2(CC2)C(=O)N3C)ccn1. The molecule has 2 aromatic rings. The molecular weight excluding hydrogens is 250 g/mol. The number of fused-ring (bicyclic) bond motifs is 2. The van der Waals surface area contributed by atoms with E-state index in [1.54, 1.807) is 11.1 Å². The number of carbonyl (C=O) groups is 1. The van der Waals surface area contributed by atoms with Crippen molar-refractivity contribution in [3.8, 4) is 11.3 Å². The second kappa shape index (κ2) is 3.66. The molecule has 3 heterocycles.